The Bertz CT molecular complexity index is 3060. The van der Waals surface area contributed by atoms with Crippen LogP contribution in [-0.4, -0.2) is 36.1 Å². The molecule has 0 amide bonds. The SMILES string of the molecule is CC1(C)CCN2CCC(C)(C)c3c2c1cc1c(C#N)c(-c2nc4cc5sc(-c6c(C#N)c7cc8c9c(c7oc6=O)C(C)(C)CCN9CCC8(C)C)nc5cc4s2)c(=O)oc31. The minimum Gasteiger partial charge on any atom is -0.422 e. The molecule has 3 aromatic carbocycles. The average molecular weight is 833 g/mol. The van der Waals surface area contributed by atoms with E-state index in [9.17, 15) is 20.1 Å². The number of thiazole rings is 2. The van der Waals surface area contributed by atoms with Crippen LogP contribution >= 0.6 is 22.7 Å². The molecule has 12 heteroatoms. The first-order valence-electron chi connectivity index (χ1n) is 20.8. The third kappa shape index (κ3) is 5.01. The lowest BCUT2D eigenvalue weighted by molar-refractivity contribution is 0.398. The zero-order valence-corrected chi connectivity index (χ0v) is 36.7. The van der Waals surface area contributed by atoms with Gasteiger partial charge in [0.25, 0.3) is 0 Å². The van der Waals surface area contributed by atoms with Crippen molar-refractivity contribution in [2.24, 2.45) is 0 Å². The Hall–Kier alpha value is -5.56. The molecule has 0 fully saturated rings. The Balaban J connectivity index is 1.07. The Labute approximate surface area is 354 Å². The number of nitrogens with zero attached hydrogens (tertiary/aromatic N) is 6. The van der Waals surface area contributed by atoms with E-state index < -0.39 is 11.3 Å². The molecule has 0 unspecified atom stereocenters. The molecule has 8 heterocycles. The lowest BCUT2D eigenvalue weighted by Crippen LogP contribution is -2.44. The molecule has 0 saturated carbocycles. The molecule has 11 rings (SSSR count). The van der Waals surface area contributed by atoms with Gasteiger partial charge in [-0.3, -0.25) is 0 Å². The first-order chi connectivity index (χ1) is 28.4. The van der Waals surface area contributed by atoms with Crippen LogP contribution in [0.4, 0.5) is 11.4 Å². The molecule has 0 bridgehead atoms. The summed E-state index contributed by atoms with van der Waals surface area (Å²) in [5.74, 6) is 0. The van der Waals surface area contributed by atoms with Gasteiger partial charge >= 0.3 is 11.3 Å². The molecule has 0 N–H and O–H groups in total. The summed E-state index contributed by atoms with van der Waals surface area (Å²) in [5.41, 5.74) is 7.90. The summed E-state index contributed by atoms with van der Waals surface area (Å²) in [6, 6.07) is 12.8. The highest BCUT2D eigenvalue weighted by Crippen LogP contribution is 2.54. The summed E-state index contributed by atoms with van der Waals surface area (Å²) in [5, 5.41) is 23.7. The van der Waals surface area contributed by atoms with Gasteiger partial charge in [0.05, 0.1) is 31.6 Å². The number of aromatic nitrogens is 2. The van der Waals surface area contributed by atoms with Crippen LogP contribution in [0.15, 0.2) is 42.7 Å². The molecule has 0 atom stereocenters. The summed E-state index contributed by atoms with van der Waals surface area (Å²) >= 11 is 2.61. The van der Waals surface area contributed by atoms with Crippen LogP contribution in [-0.2, 0) is 21.7 Å². The van der Waals surface area contributed by atoms with Crippen molar-refractivity contribution in [2.75, 3.05) is 36.0 Å². The molecule has 60 heavy (non-hydrogen) atoms. The van der Waals surface area contributed by atoms with E-state index in [1.807, 2.05) is 12.1 Å². The molecule has 4 aliphatic rings. The maximum Gasteiger partial charge on any atom is 0.348 e. The van der Waals surface area contributed by atoms with Gasteiger partial charge < -0.3 is 18.6 Å². The van der Waals surface area contributed by atoms with Gasteiger partial charge in [-0.2, -0.15) is 10.5 Å². The Morgan fingerprint density at radius 2 is 0.950 bits per heavy atom. The monoisotopic (exact) mass is 832 g/mol. The summed E-state index contributed by atoms with van der Waals surface area (Å²) in [7, 11) is 0. The van der Waals surface area contributed by atoms with Gasteiger partial charge in [0.15, 0.2) is 0 Å². The molecule has 0 aliphatic carbocycles. The van der Waals surface area contributed by atoms with Gasteiger partial charge in [-0.1, -0.05) is 55.4 Å². The smallest absolute Gasteiger partial charge is 0.348 e. The minimum absolute atomic E-state index is 0.119. The van der Waals surface area contributed by atoms with Crippen molar-refractivity contribution in [1.29, 1.82) is 10.5 Å². The van der Waals surface area contributed by atoms with Crippen LogP contribution in [0.5, 0.6) is 0 Å². The number of fused-ring (bicyclic) bond motifs is 6. The third-order valence-corrected chi connectivity index (χ3v) is 16.4. The van der Waals surface area contributed by atoms with E-state index in [0.29, 0.717) is 43.0 Å². The van der Waals surface area contributed by atoms with E-state index in [0.717, 1.165) is 83.8 Å². The number of rotatable bonds is 2. The van der Waals surface area contributed by atoms with Crippen molar-refractivity contribution in [3.05, 3.63) is 78.5 Å². The van der Waals surface area contributed by atoms with Crippen molar-refractivity contribution < 1.29 is 8.83 Å². The fourth-order valence-corrected chi connectivity index (χ4v) is 12.7. The van der Waals surface area contributed by atoms with Crippen LogP contribution in [0.3, 0.4) is 0 Å². The van der Waals surface area contributed by atoms with E-state index in [-0.39, 0.29) is 43.9 Å². The molecule has 4 aromatic heterocycles. The zero-order chi connectivity index (χ0) is 42.0. The maximum atomic E-state index is 14.1. The lowest BCUT2D eigenvalue weighted by atomic mass is 9.69. The normalized spacial score (nSPS) is 19.4. The average Bonchev–Trinajstić information content (AvgIpc) is 3.79. The molecule has 0 spiro atoms. The standard InChI is InChI=1S/C48H44N6O4S2/c1-45(2)9-13-53-15-11-47(5,6)35-37(53)27(45)17-23-25(21-49)33(43(55)57-39(23)35)41-51-29-19-32-30(20-31(29)59-41)52-42(60-32)34-26(22-50)24-18-28-38-36(40(24)58-44(34)56)48(7,8)12-16-54(38)14-10-46(28,3)4/h17-20H,9-16H2,1-8H3. The number of hydrogen-bond donors (Lipinski definition) is 0. The quantitative estimate of drug-likeness (QED) is 0.155. The lowest BCUT2D eigenvalue weighted by Gasteiger charge is -2.48. The fraction of sp³-hybridized carbons (Fsp3) is 0.417. The Kier molecular flexibility index (Phi) is 7.52. The predicted octanol–water partition coefficient (Wildman–Crippen LogP) is 10.5. The summed E-state index contributed by atoms with van der Waals surface area (Å²) < 4.78 is 14.1. The first kappa shape index (κ1) is 37.4. The van der Waals surface area contributed by atoms with Gasteiger partial charge in [0.1, 0.15) is 44.4 Å². The van der Waals surface area contributed by atoms with Crippen LogP contribution in [0.25, 0.3) is 63.5 Å². The largest absolute Gasteiger partial charge is 0.422 e. The maximum absolute atomic E-state index is 14.1. The van der Waals surface area contributed by atoms with Crippen molar-refractivity contribution in [2.45, 2.75) is 103 Å². The van der Waals surface area contributed by atoms with E-state index in [4.69, 9.17) is 18.8 Å². The number of hydrogen-bond acceptors (Lipinski definition) is 12. The van der Waals surface area contributed by atoms with Crippen molar-refractivity contribution in [3.63, 3.8) is 0 Å². The number of nitriles is 2. The van der Waals surface area contributed by atoms with Gasteiger partial charge in [-0.15, -0.1) is 22.7 Å². The minimum atomic E-state index is -0.582. The van der Waals surface area contributed by atoms with Crippen molar-refractivity contribution in [1.82, 2.24) is 9.97 Å². The number of anilines is 2. The van der Waals surface area contributed by atoms with Crippen molar-refractivity contribution in [3.8, 4) is 33.3 Å². The molecule has 4 aliphatic heterocycles. The molecule has 302 valence electrons. The Morgan fingerprint density at radius 3 is 1.32 bits per heavy atom. The molecule has 0 radical (unpaired) electrons. The topological polar surface area (TPSA) is 140 Å². The summed E-state index contributed by atoms with van der Waals surface area (Å²) in [6.07, 6.45) is 3.81. The second-order valence-electron chi connectivity index (χ2n) is 19.9. The molecular formula is C48H44N6O4S2. The molecule has 10 nitrogen and oxygen atoms in total. The second-order valence-corrected chi connectivity index (χ2v) is 21.9. The zero-order valence-electron chi connectivity index (χ0n) is 35.1. The first-order valence-corrected chi connectivity index (χ1v) is 22.5. The van der Waals surface area contributed by atoms with Gasteiger partial charge in [0, 0.05) is 59.5 Å². The van der Waals surface area contributed by atoms with E-state index in [2.05, 4.69) is 89.5 Å². The molecular weight excluding hydrogens is 789 g/mol. The summed E-state index contributed by atoms with van der Waals surface area (Å²) in [4.78, 5) is 42.9. The number of benzene rings is 3. The van der Waals surface area contributed by atoms with E-state index >= 15 is 0 Å². The van der Waals surface area contributed by atoms with Crippen molar-refractivity contribution >= 4 is 76.4 Å². The molecule has 7 aromatic rings. The van der Waals surface area contributed by atoms with Gasteiger partial charge in [-0.05, 0) is 82.7 Å². The highest BCUT2D eigenvalue weighted by molar-refractivity contribution is 7.23. The highest BCUT2D eigenvalue weighted by Gasteiger charge is 2.44. The second kappa shape index (κ2) is 12.0. The van der Waals surface area contributed by atoms with Crippen LogP contribution < -0.4 is 21.1 Å². The highest BCUT2D eigenvalue weighted by atomic mass is 32.1. The van der Waals surface area contributed by atoms with E-state index in [1.165, 1.54) is 33.8 Å². The predicted molar refractivity (Wildman–Crippen MR) is 240 cm³/mol. The molecule has 0 saturated heterocycles. The van der Waals surface area contributed by atoms with Crippen LogP contribution in [0.1, 0.15) is 114 Å². The summed E-state index contributed by atoms with van der Waals surface area (Å²) in [6.45, 7) is 21.6. The van der Waals surface area contributed by atoms with Gasteiger partial charge in [-0.25, -0.2) is 19.6 Å². The third-order valence-electron chi connectivity index (χ3n) is 14.4. The fourth-order valence-electron chi connectivity index (χ4n) is 10.6. The van der Waals surface area contributed by atoms with Gasteiger partial charge in [0.2, 0.25) is 0 Å². The Morgan fingerprint density at radius 1 is 0.583 bits per heavy atom. The van der Waals surface area contributed by atoms with Crippen LogP contribution in [0, 0.1) is 22.7 Å². The van der Waals surface area contributed by atoms with Crippen LogP contribution in [0.2, 0.25) is 0 Å². The van der Waals surface area contributed by atoms with E-state index in [1.54, 1.807) is 0 Å².